The first kappa shape index (κ1) is 22.1. The minimum absolute atomic E-state index is 0.310. The van der Waals surface area contributed by atoms with Gasteiger partial charge in [0.1, 0.15) is 15.3 Å². The molecule has 27 heavy (non-hydrogen) atoms. The monoisotopic (exact) mass is 489 g/mol. The number of ether oxygens (including phenoxy) is 2. The first-order valence-corrected chi connectivity index (χ1v) is 10.0. The van der Waals surface area contributed by atoms with Gasteiger partial charge in [-0.3, -0.25) is 4.79 Å². The third kappa shape index (κ3) is 5.42. The van der Waals surface area contributed by atoms with Crippen LogP contribution in [0.25, 0.3) is 0 Å². The number of carbonyl (C=O) groups excluding carboxylic acids is 2. The van der Waals surface area contributed by atoms with Crippen LogP contribution in [-0.2, 0) is 9.53 Å². The summed E-state index contributed by atoms with van der Waals surface area (Å²) < 4.78 is 10.4. The van der Waals surface area contributed by atoms with Crippen LogP contribution in [0.3, 0.4) is 0 Å². The molecule has 0 spiro atoms. The molecule has 1 aliphatic rings. The molecular weight excluding hydrogens is 461 g/mol. The molecule has 1 aromatic rings. The van der Waals surface area contributed by atoms with Crippen LogP contribution in [0.1, 0.15) is 64.7 Å². The smallest absolute Gasteiger partial charge is 0.338 e. The van der Waals surface area contributed by atoms with Crippen molar-refractivity contribution >= 4 is 34.5 Å². The number of carbonyl (C=O) groups is 2. The van der Waals surface area contributed by atoms with E-state index in [1.54, 1.807) is 32.0 Å². The van der Waals surface area contributed by atoms with Crippen molar-refractivity contribution in [3.8, 4) is 5.75 Å². The zero-order valence-corrected chi connectivity index (χ0v) is 18.9. The van der Waals surface area contributed by atoms with Gasteiger partial charge in [0.05, 0.1) is 5.56 Å². The maximum Gasteiger partial charge on any atom is 0.338 e. The van der Waals surface area contributed by atoms with Crippen molar-refractivity contribution in [2.45, 2.75) is 75.0 Å². The molecule has 0 atom stereocenters. The van der Waals surface area contributed by atoms with E-state index in [0.29, 0.717) is 24.2 Å². The quantitative estimate of drug-likeness (QED) is 0.293. The zero-order chi connectivity index (χ0) is 20.6. The predicted molar refractivity (Wildman–Crippen MR) is 110 cm³/mol. The predicted octanol–water partition coefficient (Wildman–Crippen LogP) is 4.37. The van der Waals surface area contributed by atoms with Gasteiger partial charge in [-0.05, 0) is 59.7 Å². The average molecular weight is 489 g/mol. The SMILES string of the molecule is CC(C)(I)C(=O)Oc1cccc(C(=O)OC2CC(C)(C)N(O)C(C)(C)C2)c1. The fourth-order valence-corrected chi connectivity index (χ4v) is 3.51. The molecule has 1 saturated heterocycles. The van der Waals surface area contributed by atoms with E-state index in [9.17, 15) is 14.8 Å². The normalized spacial score (nSPS) is 20.1. The molecule has 1 aliphatic heterocycles. The van der Waals surface area contributed by atoms with Gasteiger partial charge in [0, 0.05) is 23.9 Å². The molecule has 6 nitrogen and oxygen atoms in total. The molecule has 0 saturated carbocycles. The molecule has 1 heterocycles. The van der Waals surface area contributed by atoms with E-state index in [0.717, 1.165) is 0 Å². The van der Waals surface area contributed by atoms with Crippen molar-refractivity contribution in [3.63, 3.8) is 0 Å². The van der Waals surface area contributed by atoms with Crippen molar-refractivity contribution in [2.75, 3.05) is 0 Å². The van der Waals surface area contributed by atoms with E-state index >= 15 is 0 Å². The van der Waals surface area contributed by atoms with Crippen LogP contribution in [0.5, 0.6) is 5.75 Å². The van der Waals surface area contributed by atoms with Crippen LogP contribution >= 0.6 is 22.6 Å². The molecule has 0 amide bonds. The van der Waals surface area contributed by atoms with Gasteiger partial charge < -0.3 is 14.7 Å². The van der Waals surface area contributed by atoms with E-state index in [1.165, 1.54) is 11.1 Å². The van der Waals surface area contributed by atoms with Crippen LogP contribution in [0.2, 0.25) is 0 Å². The lowest BCUT2D eigenvalue weighted by atomic mass is 9.80. The van der Waals surface area contributed by atoms with Gasteiger partial charge in [0.15, 0.2) is 0 Å². The summed E-state index contributed by atoms with van der Waals surface area (Å²) in [6.07, 6.45) is 0.734. The number of alkyl halides is 1. The fraction of sp³-hybridized carbons (Fsp3) is 0.600. The topological polar surface area (TPSA) is 76.1 Å². The molecule has 0 radical (unpaired) electrons. The molecule has 1 aromatic carbocycles. The molecule has 150 valence electrons. The zero-order valence-electron chi connectivity index (χ0n) is 16.7. The number of esters is 2. The second kappa shape index (κ2) is 7.67. The first-order valence-electron chi connectivity index (χ1n) is 8.94. The van der Waals surface area contributed by atoms with E-state index < -0.39 is 20.5 Å². The Morgan fingerprint density at radius 3 is 2.26 bits per heavy atom. The maximum atomic E-state index is 12.6. The number of hydroxylamine groups is 2. The van der Waals surface area contributed by atoms with Crippen LogP contribution < -0.4 is 4.74 Å². The summed E-state index contributed by atoms with van der Waals surface area (Å²) in [5.41, 5.74) is -0.681. The highest BCUT2D eigenvalue weighted by Crippen LogP contribution is 2.38. The molecule has 7 heteroatoms. The molecule has 0 bridgehead atoms. The number of hydrogen-bond acceptors (Lipinski definition) is 6. The van der Waals surface area contributed by atoms with Gasteiger partial charge in [-0.15, -0.1) is 0 Å². The summed E-state index contributed by atoms with van der Waals surface area (Å²) in [4.78, 5) is 24.6. The lowest BCUT2D eigenvalue weighted by molar-refractivity contribution is -0.256. The lowest BCUT2D eigenvalue weighted by Gasteiger charge is -2.50. The van der Waals surface area contributed by atoms with Gasteiger partial charge in [0.2, 0.25) is 0 Å². The Kier molecular flexibility index (Phi) is 6.28. The molecule has 0 unspecified atom stereocenters. The Bertz CT molecular complexity index is 705. The summed E-state index contributed by atoms with van der Waals surface area (Å²) in [6, 6.07) is 6.43. The summed E-state index contributed by atoms with van der Waals surface area (Å²) in [7, 11) is 0. The lowest BCUT2D eigenvalue weighted by Crippen LogP contribution is -2.60. The van der Waals surface area contributed by atoms with Crippen LogP contribution in [-0.4, -0.2) is 42.8 Å². The minimum atomic E-state index is -0.663. The van der Waals surface area contributed by atoms with Crippen LogP contribution in [0.4, 0.5) is 0 Å². The fourth-order valence-electron chi connectivity index (χ4n) is 3.40. The number of rotatable bonds is 4. The minimum Gasteiger partial charge on any atom is -0.459 e. The van der Waals surface area contributed by atoms with Crippen molar-refractivity contribution < 1.29 is 24.3 Å². The van der Waals surface area contributed by atoms with Gasteiger partial charge in [-0.25, -0.2) is 4.79 Å². The molecule has 0 aliphatic carbocycles. The highest BCUT2D eigenvalue weighted by atomic mass is 127. The van der Waals surface area contributed by atoms with E-state index in [-0.39, 0.29) is 12.1 Å². The third-order valence-electron chi connectivity index (χ3n) is 4.64. The summed E-state index contributed by atoms with van der Waals surface area (Å²) in [6.45, 7) is 11.2. The van der Waals surface area contributed by atoms with Crippen molar-refractivity contribution in [2.24, 2.45) is 0 Å². The van der Waals surface area contributed by atoms with E-state index in [2.05, 4.69) is 0 Å². The van der Waals surface area contributed by atoms with Gasteiger partial charge in [0.25, 0.3) is 0 Å². The molecule has 1 N–H and O–H groups in total. The largest absolute Gasteiger partial charge is 0.459 e. The summed E-state index contributed by atoms with van der Waals surface area (Å²) >= 11 is 2.01. The van der Waals surface area contributed by atoms with E-state index in [1.807, 2.05) is 50.3 Å². The Labute approximate surface area is 174 Å². The summed E-state index contributed by atoms with van der Waals surface area (Å²) in [5.74, 6) is -0.540. The molecular formula is C20H28INO5. The molecule has 1 fully saturated rings. The highest BCUT2D eigenvalue weighted by molar-refractivity contribution is 14.1. The van der Waals surface area contributed by atoms with Gasteiger partial charge >= 0.3 is 11.9 Å². The van der Waals surface area contributed by atoms with E-state index in [4.69, 9.17) is 9.47 Å². The van der Waals surface area contributed by atoms with Crippen LogP contribution in [0.15, 0.2) is 24.3 Å². The Morgan fingerprint density at radius 2 is 1.74 bits per heavy atom. The second-order valence-electron chi connectivity index (χ2n) is 8.76. The van der Waals surface area contributed by atoms with Crippen LogP contribution in [0, 0.1) is 0 Å². The first-order chi connectivity index (χ1) is 12.2. The molecule has 0 aromatic heterocycles. The Balaban J connectivity index is 2.10. The highest BCUT2D eigenvalue weighted by Gasteiger charge is 2.46. The standard InChI is InChI=1S/C20H28INO5/c1-18(2)11-15(12-19(3,4)22(18)25)26-16(23)13-8-7-9-14(10-13)27-17(24)20(5,6)21/h7-10,15,25H,11-12H2,1-6H3. The number of nitrogens with zero attached hydrogens (tertiary/aromatic N) is 1. The average Bonchev–Trinajstić information content (AvgIpc) is 2.51. The van der Waals surface area contributed by atoms with Gasteiger partial charge in [-0.2, -0.15) is 5.06 Å². The number of piperidine rings is 1. The third-order valence-corrected chi connectivity index (χ3v) is 5.08. The summed E-state index contributed by atoms with van der Waals surface area (Å²) in [5, 5.41) is 11.7. The number of hydrogen-bond donors (Lipinski definition) is 1. The van der Waals surface area contributed by atoms with Gasteiger partial charge in [-0.1, -0.05) is 28.7 Å². The van der Waals surface area contributed by atoms with Crippen molar-refractivity contribution in [1.29, 1.82) is 0 Å². The Hall–Kier alpha value is -1.19. The Morgan fingerprint density at radius 1 is 1.19 bits per heavy atom. The maximum absolute atomic E-state index is 12.6. The second-order valence-corrected chi connectivity index (χ2v) is 11.5. The van der Waals surface area contributed by atoms with Crippen molar-refractivity contribution in [1.82, 2.24) is 5.06 Å². The number of benzene rings is 1. The molecule has 2 rings (SSSR count). The number of halogens is 1. The van der Waals surface area contributed by atoms with Crippen molar-refractivity contribution in [3.05, 3.63) is 29.8 Å².